The molecule has 4 heteroatoms. The molecule has 0 bridgehead atoms. The van der Waals surface area contributed by atoms with Gasteiger partial charge in [-0.05, 0) is 18.9 Å². The summed E-state index contributed by atoms with van der Waals surface area (Å²) in [4.78, 5) is 11.6. The van der Waals surface area contributed by atoms with Gasteiger partial charge >= 0.3 is 5.97 Å². The summed E-state index contributed by atoms with van der Waals surface area (Å²) < 4.78 is 11.0. The number of aliphatic hydroxyl groups excluding tert-OH is 1. The van der Waals surface area contributed by atoms with Crippen molar-refractivity contribution < 1.29 is 19.4 Å². The van der Waals surface area contributed by atoms with E-state index >= 15 is 0 Å². The molecule has 0 amide bonds. The molecule has 18 heavy (non-hydrogen) atoms. The van der Waals surface area contributed by atoms with Crippen LogP contribution in [0.25, 0.3) is 0 Å². The van der Waals surface area contributed by atoms with E-state index in [9.17, 15) is 9.90 Å². The number of aliphatic hydroxyl groups is 1. The standard InChI is InChI=1S/C14H16O4/c15-11-7-3-4-8-12(11)17-14-10-6-2-1-5-9(10)13(16)18-14/h1-2,5-6,11-12,14-15H,3-4,7-8H2/t11-,12-,14?/m1/s1. The molecule has 0 aromatic heterocycles. The van der Waals surface area contributed by atoms with Crippen molar-refractivity contribution in [1.29, 1.82) is 0 Å². The molecule has 96 valence electrons. The summed E-state index contributed by atoms with van der Waals surface area (Å²) in [6, 6.07) is 7.23. The topological polar surface area (TPSA) is 55.8 Å². The van der Waals surface area contributed by atoms with Gasteiger partial charge in [-0.1, -0.05) is 31.0 Å². The van der Waals surface area contributed by atoms with Crippen LogP contribution in [0, 0.1) is 0 Å². The molecule has 1 N–H and O–H groups in total. The first-order valence-electron chi connectivity index (χ1n) is 6.39. The van der Waals surface area contributed by atoms with Crippen LogP contribution in [-0.4, -0.2) is 23.3 Å². The van der Waals surface area contributed by atoms with E-state index in [1.165, 1.54) is 0 Å². The van der Waals surface area contributed by atoms with Crippen LogP contribution in [0.4, 0.5) is 0 Å². The smallest absolute Gasteiger partial charge is 0.341 e. The number of benzene rings is 1. The molecule has 3 rings (SSSR count). The molecule has 0 saturated heterocycles. The van der Waals surface area contributed by atoms with Crippen LogP contribution in [0.15, 0.2) is 24.3 Å². The quantitative estimate of drug-likeness (QED) is 0.815. The summed E-state index contributed by atoms with van der Waals surface area (Å²) in [5.74, 6) is -0.346. The van der Waals surface area contributed by atoms with Gasteiger partial charge in [0.2, 0.25) is 6.29 Å². The molecule has 0 radical (unpaired) electrons. The Bertz CT molecular complexity index is 457. The largest absolute Gasteiger partial charge is 0.428 e. The normalized spacial score (nSPS) is 30.9. The molecule has 1 aromatic carbocycles. The first-order chi connectivity index (χ1) is 8.75. The maximum Gasteiger partial charge on any atom is 0.341 e. The van der Waals surface area contributed by atoms with Gasteiger partial charge in [-0.2, -0.15) is 0 Å². The number of rotatable bonds is 2. The van der Waals surface area contributed by atoms with Crippen molar-refractivity contribution in [1.82, 2.24) is 0 Å². The summed E-state index contributed by atoms with van der Waals surface area (Å²) in [5.41, 5.74) is 1.33. The van der Waals surface area contributed by atoms with Gasteiger partial charge in [0.15, 0.2) is 0 Å². The maximum atomic E-state index is 11.6. The van der Waals surface area contributed by atoms with Gasteiger partial charge in [0.25, 0.3) is 0 Å². The Morgan fingerprint density at radius 1 is 1.22 bits per heavy atom. The fourth-order valence-corrected chi connectivity index (χ4v) is 2.61. The zero-order chi connectivity index (χ0) is 12.5. The number of esters is 1. The SMILES string of the molecule is O=C1OC(O[C@@H]2CCCC[C@H]2O)c2ccccc21. The summed E-state index contributed by atoms with van der Waals surface area (Å²) in [6.45, 7) is 0. The number of fused-ring (bicyclic) bond motifs is 1. The monoisotopic (exact) mass is 248 g/mol. The molecule has 1 unspecified atom stereocenters. The van der Waals surface area contributed by atoms with Gasteiger partial charge in [-0.3, -0.25) is 0 Å². The zero-order valence-corrected chi connectivity index (χ0v) is 10.0. The van der Waals surface area contributed by atoms with Crippen molar-refractivity contribution in [3.05, 3.63) is 35.4 Å². The highest BCUT2D eigenvalue weighted by Crippen LogP contribution is 2.34. The highest BCUT2D eigenvalue weighted by Gasteiger charge is 2.35. The van der Waals surface area contributed by atoms with Crippen LogP contribution in [0.5, 0.6) is 0 Å². The number of carbonyl (C=O) groups is 1. The third-order valence-corrected chi connectivity index (χ3v) is 3.61. The second-order valence-electron chi connectivity index (χ2n) is 4.85. The predicted octanol–water partition coefficient (Wildman–Crippen LogP) is 2.18. The molecule has 1 fully saturated rings. The Morgan fingerprint density at radius 2 is 2.00 bits per heavy atom. The van der Waals surface area contributed by atoms with Gasteiger partial charge < -0.3 is 14.6 Å². The second-order valence-corrected chi connectivity index (χ2v) is 4.85. The molecule has 1 aliphatic carbocycles. The molecular weight excluding hydrogens is 232 g/mol. The van der Waals surface area contributed by atoms with Crippen molar-refractivity contribution in [3.63, 3.8) is 0 Å². The molecule has 1 heterocycles. The van der Waals surface area contributed by atoms with Gasteiger partial charge in [0.05, 0.1) is 17.8 Å². The lowest BCUT2D eigenvalue weighted by molar-refractivity contribution is -0.173. The Morgan fingerprint density at radius 3 is 2.83 bits per heavy atom. The van der Waals surface area contributed by atoms with E-state index in [-0.39, 0.29) is 12.1 Å². The lowest BCUT2D eigenvalue weighted by Crippen LogP contribution is -2.33. The lowest BCUT2D eigenvalue weighted by Gasteiger charge is -2.29. The van der Waals surface area contributed by atoms with Gasteiger partial charge in [0, 0.05) is 5.56 Å². The van der Waals surface area contributed by atoms with E-state index < -0.39 is 12.4 Å². The first kappa shape index (κ1) is 11.7. The van der Waals surface area contributed by atoms with Crippen LogP contribution >= 0.6 is 0 Å². The third-order valence-electron chi connectivity index (χ3n) is 3.61. The Labute approximate surface area is 106 Å². The Kier molecular flexibility index (Phi) is 3.06. The number of cyclic esters (lactones) is 1. The molecule has 1 saturated carbocycles. The van der Waals surface area contributed by atoms with E-state index in [0.717, 1.165) is 31.2 Å². The van der Waals surface area contributed by atoms with Crippen molar-refractivity contribution >= 4 is 5.97 Å². The predicted molar refractivity (Wildman–Crippen MR) is 63.9 cm³/mol. The van der Waals surface area contributed by atoms with Crippen LogP contribution in [0.1, 0.15) is 47.9 Å². The number of ether oxygens (including phenoxy) is 2. The summed E-state index contributed by atoms with van der Waals surface area (Å²) in [7, 11) is 0. The minimum absolute atomic E-state index is 0.234. The molecule has 1 aliphatic heterocycles. The highest BCUT2D eigenvalue weighted by molar-refractivity contribution is 5.93. The summed E-state index contributed by atoms with van der Waals surface area (Å²) in [6.07, 6.45) is 2.30. The van der Waals surface area contributed by atoms with Crippen molar-refractivity contribution in [2.45, 2.75) is 44.2 Å². The van der Waals surface area contributed by atoms with Crippen LogP contribution in [-0.2, 0) is 9.47 Å². The fourth-order valence-electron chi connectivity index (χ4n) is 2.61. The lowest BCUT2D eigenvalue weighted by atomic mass is 9.95. The fraction of sp³-hybridized carbons (Fsp3) is 0.500. The van der Waals surface area contributed by atoms with E-state index in [1.54, 1.807) is 12.1 Å². The van der Waals surface area contributed by atoms with Crippen molar-refractivity contribution in [2.24, 2.45) is 0 Å². The van der Waals surface area contributed by atoms with E-state index in [4.69, 9.17) is 9.47 Å². The van der Waals surface area contributed by atoms with E-state index in [0.29, 0.717) is 5.56 Å². The average Bonchev–Trinajstić information content (AvgIpc) is 2.70. The highest BCUT2D eigenvalue weighted by atomic mass is 16.7. The molecule has 2 aliphatic rings. The minimum Gasteiger partial charge on any atom is -0.428 e. The third kappa shape index (κ3) is 2.02. The number of hydrogen-bond donors (Lipinski definition) is 1. The molecular formula is C14H16O4. The van der Waals surface area contributed by atoms with Crippen molar-refractivity contribution in [2.75, 3.05) is 0 Å². The van der Waals surface area contributed by atoms with Gasteiger partial charge in [-0.15, -0.1) is 0 Å². The average molecular weight is 248 g/mol. The van der Waals surface area contributed by atoms with Crippen LogP contribution in [0.3, 0.4) is 0 Å². The van der Waals surface area contributed by atoms with Crippen LogP contribution in [0.2, 0.25) is 0 Å². The minimum atomic E-state index is -0.661. The summed E-state index contributed by atoms with van der Waals surface area (Å²) in [5, 5.41) is 9.88. The van der Waals surface area contributed by atoms with Crippen molar-refractivity contribution in [3.8, 4) is 0 Å². The second kappa shape index (κ2) is 4.71. The zero-order valence-electron chi connectivity index (χ0n) is 10.0. The molecule has 1 aromatic rings. The molecule has 0 spiro atoms. The number of hydrogen-bond acceptors (Lipinski definition) is 4. The van der Waals surface area contributed by atoms with Gasteiger partial charge in [0.1, 0.15) is 0 Å². The van der Waals surface area contributed by atoms with E-state index in [1.807, 2.05) is 12.1 Å². The molecule has 3 atom stereocenters. The summed E-state index contributed by atoms with van der Waals surface area (Å²) >= 11 is 0. The van der Waals surface area contributed by atoms with E-state index in [2.05, 4.69) is 0 Å². The Balaban J connectivity index is 1.76. The maximum absolute atomic E-state index is 11.6. The Hall–Kier alpha value is -1.39. The number of carbonyl (C=O) groups excluding carboxylic acids is 1. The first-order valence-corrected chi connectivity index (χ1v) is 6.39. The molecule has 4 nitrogen and oxygen atoms in total. The van der Waals surface area contributed by atoms with Crippen LogP contribution < -0.4 is 0 Å². The van der Waals surface area contributed by atoms with Gasteiger partial charge in [-0.25, -0.2) is 4.79 Å².